The first-order chi connectivity index (χ1) is 12.9. The van der Waals surface area contributed by atoms with E-state index in [1.165, 1.54) is 11.1 Å². The second-order valence-electron chi connectivity index (χ2n) is 7.38. The summed E-state index contributed by atoms with van der Waals surface area (Å²) in [7, 11) is 0. The van der Waals surface area contributed by atoms with Crippen molar-refractivity contribution in [2.75, 3.05) is 31.9 Å². The van der Waals surface area contributed by atoms with Crippen LogP contribution in [0.5, 0.6) is 5.75 Å². The second kappa shape index (κ2) is 8.44. The molecule has 5 heteroatoms. The van der Waals surface area contributed by atoms with Gasteiger partial charge in [-0.3, -0.25) is 9.69 Å². The van der Waals surface area contributed by atoms with Crippen molar-refractivity contribution in [1.29, 1.82) is 0 Å². The fraction of sp³-hybridized carbons (Fsp3) is 0.409. The van der Waals surface area contributed by atoms with Crippen LogP contribution in [0.1, 0.15) is 23.6 Å². The minimum absolute atomic E-state index is 0.0542. The van der Waals surface area contributed by atoms with Gasteiger partial charge in [0.25, 0.3) is 5.91 Å². The molecule has 1 atom stereocenters. The van der Waals surface area contributed by atoms with E-state index >= 15 is 0 Å². The van der Waals surface area contributed by atoms with E-state index in [2.05, 4.69) is 24.0 Å². The Morgan fingerprint density at radius 2 is 1.85 bits per heavy atom. The van der Waals surface area contributed by atoms with Gasteiger partial charge in [-0.2, -0.15) is 0 Å². The first kappa shape index (κ1) is 19.2. The van der Waals surface area contributed by atoms with Crippen molar-refractivity contribution in [2.24, 2.45) is 0 Å². The van der Waals surface area contributed by atoms with Gasteiger partial charge >= 0.3 is 0 Å². The van der Waals surface area contributed by atoms with Crippen molar-refractivity contribution in [2.45, 2.75) is 33.4 Å². The van der Waals surface area contributed by atoms with Gasteiger partial charge in [-0.25, -0.2) is 0 Å². The number of nitrogens with two attached hydrogens (primary N) is 1. The lowest BCUT2D eigenvalue weighted by molar-refractivity contribution is -0.139. The molecule has 3 rings (SSSR count). The first-order valence-corrected chi connectivity index (χ1v) is 9.52. The van der Waals surface area contributed by atoms with Crippen LogP contribution < -0.4 is 10.5 Å². The second-order valence-corrected chi connectivity index (χ2v) is 7.38. The minimum atomic E-state index is -0.480. The summed E-state index contributed by atoms with van der Waals surface area (Å²) in [6, 6.07) is 14.0. The number of nitrogens with zero attached hydrogens (tertiary/aromatic N) is 2. The topological polar surface area (TPSA) is 58.8 Å². The van der Waals surface area contributed by atoms with Crippen LogP contribution in [0.15, 0.2) is 42.5 Å². The van der Waals surface area contributed by atoms with Crippen LogP contribution >= 0.6 is 0 Å². The highest BCUT2D eigenvalue weighted by Crippen LogP contribution is 2.21. The molecule has 27 heavy (non-hydrogen) atoms. The molecule has 1 heterocycles. The maximum Gasteiger partial charge on any atom is 0.263 e. The lowest BCUT2D eigenvalue weighted by atomic mass is 10.1. The van der Waals surface area contributed by atoms with Crippen molar-refractivity contribution in [1.82, 2.24) is 9.80 Å². The molecule has 144 valence electrons. The standard InChI is InChI=1S/C22H29N3O2/c1-16-7-8-21(17(2)13-16)27-18(3)22(26)25-11-9-24(10-12-25)15-19-5-4-6-20(23)14-19/h4-8,13-14,18H,9-12,15,23H2,1-3H3. The van der Waals surface area contributed by atoms with E-state index in [-0.39, 0.29) is 5.91 Å². The third-order valence-corrected chi connectivity index (χ3v) is 5.02. The summed E-state index contributed by atoms with van der Waals surface area (Å²) in [5.41, 5.74) is 10.1. The fourth-order valence-electron chi connectivity index (χ4n) is 3.51. The number of piperazine rings is 1. The van der Waals surface area contributed by atoms with E-state index in [0.29, 0.717) is 0 Å². The number of nitrogen functional groups attached to an aromatic ring is 1. The Labute approximate surface area is 161 Å². The predicted molar refractivity (Wildman–Crippen MR) is 109 cm³/mol. The van der Waals surface area contributed by atoms with Crippen LogP contribution in [0.3, 0.4) is 0 Å². The van der Waals surface area contributed by atoms with Gasteiger partial charge in [-0.15, -0.1) is 0 Å². The van der Waals surface area contributed by atoms with Crippen molar-refractivity contribution >= 4 is 11.6 Å². The Hall–Kier alpha value is -2.53. The molecule has 2 N–H and O–H groups in total. The summed E-state index contributed by atoms with van der Waals surface area (Å²) >= 11 is 0. The minimum Gasteiger partial charge on any atom is -0.481 e. The third kappa shape index (κ3) is 5.01. The van der Waals surface area contributed by atoms with E-state index in [0.717, 1.165) is 49.7 Å². The molecule has 1 amide bonds. The molecule has 2 aromatic rings. The lowest BCUT2D eigenvalue weighted by Crippen LogP contribution is -2.51. The zero-order valence-corrected chi connectivity index (χ0v) is 16.4. The maximum absolute atomic E-state index is 12.8. The molecular weight excluding hydrogens is 338 g/mol. The number of amides is 1. The quantitative estimate of drug-likeness (QED) is 0.826. The molecule has 1 aliphatic heterocycles. The largest absolute Gasteiger partial charge is 0.481 e. The van der Waals surface area contributed by atoms with E-state index in [4.69, 9.17) is 10.5 Å². The van der Waals surface area contributed by atoms with E-state index in [1.54, 1.807) is 0 Å². The highest BCUT2D eigenvalue weighted by Gasteiger charge is 2.26. The molecule has 0 saturated carbocycles. The summed E-state index contributed by atoms with van der Waals surface area (Å²) in [6.45, 7) is 9.92. The van der Waals surface area contributed by atoms with Gasteiger partial charge in [0.15, 0.2) is 6.10 Å². The molecule has 0 spiro atoms. The normalized spacial score (nSPS) is 16.2. The number of aryl methyl sites for hydroxylation is 2. The van der Waals surface area contributed by atoms with Gasteiger partial charge in [-0.1, -0.05) is 29.8 Å². The average Bonchev–Trinajstić information content (AvgIpc) is 2.64. The van der Waals surface area contributed by atoms with Crippen molar-refractivity contribution in [3.8, 4) is 5.75 Å². The summed E-state index contributed by atoms with van der Waals surface area (Å²) < 4.78 is 5.93. The van der Waals surface area contributed by atoms with Gasteiger partial charge in [0.05, 0.1) is 0 Å². The number of rotatable bonds is 5. The molecule has 1 saturated heterocycles. The molecule has 2 aromatic carbocycles. The zero-order valence-electron chi connectivity index (χ0n) is 16.4. The molecule has 1 fully saturated rings. The average molecular weight is 367 g/mol. The van der Waals surface area contributed by atoms with E-state index < -0.39 is 6.10 Å². The molecule has 0 aromatic heterocycles. The van der Waals surface area contributed by atoms with Crippen LogP contribution in [-0.2, 0) is 11.3 Å². The van der Waals surface area contributed by atoms with Gasteiger partial charge in [-0.05, 0) is 50.1 Å². The summed E-state index contributed by atoms with van der Waals surface area (Å²) in [5.74, 6) is 0.834. The molecule has 0 radical (unpaired) electrons. The van der Waals surface area contributed by atoms with Crippen molar-refractivity contribution in [3.05, 3.63) is 59.2 Å². The Kier molecular flexibility index (Phi) is 6.01. The van der Waals surface area contributed by atoms with Gasteiger partial charge in [0.1, 0.15) is 5.75 Å². The predicted octanol–water partition coefficient (Wildman–Crippen LogP) is 3.00. The highest BCUT2D eigenvalue weighted by molar-refractivity contribution is 5.81. The van der Waals surface area contributed by atoms with Crippen LogP contribution in [0.2, 0.25) is 0 Å². The summed E-state index contributed by atoms with van der Waals surface area (Å²) in [6.07, 6.45) is -0.480. The zero-order chi connectivity index (χ0) is 19.4. The molecule has 1 unspecified atom stereocenters. The summed E-state index contributed by atoms with van der Waals surface area (Å²) in [4.78, 5) is 17.0. The Morgan fingerprint density at radius 1 is 1.11 bits per heavy atom. The first-order valence-electron chi connectivity index (χ1n) is 9.52. The van der Waals surface area contributed by atoms with E-state index in [9.17, 15) is 4.79 Å². The van der Waals surface area contributed by atoms with Crippen LogP contribution in [0, 0.1) is 13.8 Å². The molecular formula is C22H29N3O2. The fourth-order valence-corrected chi connectivity index (χ4v) is 3.51. The molecule has 5 nitrogen and oxygen atoms in total. The van der Waals surface area contributed by atoms with Crippen LogP contribution in [0.25, 0.3) is 0 Å². The van der Waals surface area contributed by atoms with Gasteiger partial charge in [0.2, 0.25) is 0 Å². The number of anilines is 1. The smallest absolute Gasteiger partial charge is 0.263 e. The van der Waals surface area contributed by atoms with E-state index in [1.807, 2.05) is 49.1 Å². The van der Waals surface area contributed by atoms with Crippen molar-refractivity contribution < 1.29 is 9.53 Å². The Morgan fingerprint density at radius 3 is 2.52 bits per heavy atom. The Balaban J connectivity index is 1.51. The number of benzene rings is 2. The third-order valence-electron chi connectivity index (χ3n) is 5.02. The highest BCUT2D eigenvalue weighted by atomic mass is 16.5. The number of carbonyl (C=O) groups is 1. The SMILES string of the molecule is Cc1ccc(OC(C)C(=O)N2CCN(Cc3cccc(N)c3)CC2)c(C)c1. The molecule has 0 aliphatic carbocycles. The van der Waals surface area contributed by atoms with Crippen LogP contribution in [-0.4, -0.2) is 48.0 Å². The monoisotopic (exact) mass is 367 g/mol. The molecule has 1 aliphatic rings. The lowest BCUT2D eigenvalue weighted by Gasteiger charge is -2.36. The maximum atomic E-state index is 12.8. The molecule has 0 bridgehead atoms. The number of carbonyl (C=O) groups excluding carboxylic acids is 1. The summed E-state index contributed by atoms with van der Waals surface area (Å²) in [5, 5.41) is 0. The number of hydrogen-bond acceptors (Lipinski definition) is 4. The van der Waals surface area contributed by atoms with Crippen LogP contribution in [0.4, 0.5) is 5.69 Å². The van der Waals surface area contributed by atoms with Gasteiger partial charge in [0, 0.05) is 38.4 Å². The number of hydrogen-bond donors (Lipinski definition) is 1. The Bertz CT molecular complexity index is 798. The number of ether oxygens (including phenoxy) is 1. The van der Waals surface area contributed by atoms with Gasteiger partial charge < -0.3 is 15.4 Å². The van der Waals surface area contributed by atoms with Crippen molar-refractivity contribution in [3.63, 3.8) is 0 Å².